The van der Waals surface area contributed by atoms with Crippen LogP contribution in [0, 0.1) is 0 Å². The van der Waals surface area contributed by atoms with E-state index in [2.05, 4.69) is 47.0 Å². The number of nitrogens with one attached hydrogen (secondary N) is 1. The van der Waals surface area contributed by atoms with Crippen LogP contribution in [0.5, 0.6) is 0 Å². The van der Waals surface area contributed by atoms with Crippen molar-refractivity contribution in [1.29, 1.82) is 0 Å². The molecule has 0 radical (unpaired) electrons. The first-order chi connectivity index (χ1) is 6.07. The quantitative estimate of drug-likeness (QED) is 0.568. The molecule has 3 nitrogen and oxygen atoms in total. The fourth-order valence-corrected chi connectivity index (χ4v) is 1.06. The van der Waals surface area contributed by atoms with Gasteiger partial charge in [0.25, 0.3) is 0 Å². The van der Waals surface area contributed by atoms with Crippen LogP contribution in [-0.4, -0.2) is 42.3 Å². The third-order valence-corrected chi connectivity index (χ3v) is 2.52. The van der Waals surface area contributed by atoms with Crippen LogP contribution in [0.25, 0.3) is 0 Å². The fourth-order valence-electron chi connectivity index (χ4n) is 0.862. The van der Waals surface area contributed by atoms with Gasteiger partial charge >= 0.3 is 0 Å². The molecule has 0 rings (SSSR count). The molecular weight excluding hydrogens is 232 g/mol. The molecule has 0 heterocycles. The summed E-state index contributed by atoms with van der Waals surface area (Å²) < 4.78 is 0. The Bertz CT molecular complexity index is 151. The molecule has 4 heteroatoms. The number of alkyl halides is 1. The SMILES string of the molecule is CC(C)N(C)CCCNC(=O)CBr. The molecule has 0 aromatic heterocycles. The highest BCUT2D eigenvalue weighted by atomic mass is 79.9. The zero-order valence-electron chi connectivity index (χ0n) is 8.64. The summed E-state index contributed by atoms with van der Waals surface area (Å²) in [5, 5.41) is 3.21. The second-order valence-electron chi connectivity index (χ2n) is 3.41. The van der Waals surface area contributed by atoms with Crippen LogP contribution in [-0.2, 0) is 4.79 Å². The number of rotatable bonds is 6. The lowest BCUT2D eigenvalue weighted by atomic mass is 10.3. The molecule has 0 spiro atoms. The third-order valence-electron chi connectivity index (χ3n) is 2.01. The Morgan fingerprint density at radius 2 is 2.15 bits per heavy atom. The van der Waals surface area contributed by atoms with Gasteiger partial charge in [-0.3, -0.25) is 4.79 Å². The first-order valence-electron chi connectivity index (χ1n) is 4.60. The van der Waals surface area contributed by atoms with Crippen LogP contribution in [0.4, 0.5) is 0 Å². The molecule has 13 heavy (non-hydrogen) atoms. The molecule has 0 aromatic rings. The second kappa shape index (κ2) is 7.33. The van der Waals surface area contributed by atoms with Gasteiger partial charge in [-0.2, -0.15) is 0 Å². The first kappa shape index (κ1) is 12.9. The predicted octanol–water partition coefficient (Wildman–Crippen LogP) is 1.23. The van der Waals surface area contributed by atoms with E-state index in [1.807, 2.05) is 0 Å². The lowest BCUT2D eigenvalue weighted by Gasteiger charge is -2.20. The van der Waals surface area contributed by atoms with Crippen LogP contribution < -0.4 is 5.32 Å². The highest BCUT2D eigenvalue weighted by Gasteiger charge is 2.02. The summed E-state index contributed by atoms with van der Waals surface area (Å²) in [7, 11) is 2.09. The van der Waals surface area contributed by atoms with Gasteiger partial charge in [0.1, 0.15) is 0 Å². The normalized spacial score (nSPS) is 10.9. The van der Waals surface area contributed by atoms with Crippen molar-refractivity contribution in [1.82, 2.24) is 10.2 Å². The van der Waals surface area contributed by atoms with E-state index >= 15 is 0 Å². The van der Waals surface area contributed by atoms with Crippen LogP contribution in [0.2, 0.25) is 0 Å². The van der Waals surface area contributed by atoms with Gasteiger partial charge in [-0.15, -0.1) is 0 Å². The lowest BCUT2D eigenvalue weighted by molar-refractivity contribution is -0.118. The van der Waals surface area contributed by atoms with E-state index in [0.29, 0.717) is 11.4 Å². The second-order valence-corrected chi connectivity index (χ2v) is 3.97. The Labute approximate surface area is 89.0 Å². The smallest absolute Gasteiger partial charge is 0.230 e. The van der Waals surface area contributed by atoms with Crippen molar-refractivity contribution >= 4 is 21.8 Å². The first-order valence-corrected chi connectivity index (χ1v) is 5.73. The van der Waals surface area contributed by atoms with Gasteiger partial charge in [0.05, 0.1) is 5.33 Å². The van der Waals surface area contributed by atoms with E-state index in [1.54, 1.807) is 0 Å². The maximum absolute atomic E-state index is 10.8. The Balaban J connectivity index is 3.30. The van der Waals surface area contributed by atoms with Gasteiger partial charge in [-0.1, -0.05) is 15.9 Å². The fraction of sp³-hybridized carbons (Fsp3) is 0.889. The highest BCUT2D eigenvalue weighted by Crippen LogP contribution is 1.94. The van der Waals surface area contributed by atoms with Gasteiger partial charge in [-0.05, 0) is 33.9 Å². The highest BCUT2D eigenvalue weighted by molar-refractivity contribution is 9.09. The van der Waals surface area contributed by atoms with Crippen molar-refractivity contribution in [3.05, 3.63) is 0 Å². The monoisotopic (exact) mass is 250 g/mol. The molecule has 0 unspecified atom stereocenters. The molecule has 0 saturated heterocycles. The van der Waals surface area contributed by atoms with Gasteiger partial charge < -0.3 is 10.2 Å². The largest absolute Gasteiger partial charge is 0.355 e. The molecule has 0 bridgehead atoms. The van der Waals surface area contributed by atoms with Crippen LogP contribution in [0.1, 0.15) is 20.3 Å². The average molecular weight is 251 g/mol. The van der Waals surface area contributed by atoms with Gasteiger partial charge in [-0.25, -0.2) is 0 Å². The van der Waals surface area contributed by atoms with Crippen molar-refractivity contribution < 1.29 is 4.79 Å². The minimum absolute atomic E-state index is 0.0622. The standard InChI is InChI=1S/C9H19BrN2O/c1-8(2)12(3)6-4-5-11-9(13)7-10/h8H,4-7H2,1-3H3,(H,11,13). The number of halogens is 1. The van der Waals surface area contributed by atoms with Crippen molar-refractivity contribution in [3.8, 4) is 0 Å². The third kappa shape index (κ3) is 7.02. The maximum Gasteiger partial charge on any atom is 0.230 e. The summed E-state index contributed by atoms with van der Waals surface area (Å²) in [6.45, 7) is 6.12. The molecule has 0 aliphatic carbocycles. The molecule has 0 fully saturated rings. The van der Waals surface area contributed by atoms with E-state index < -0.39 is 0 Å². The number of hydrogen-bond donors (Lipinski definition) is 1. The Morgan fingerprint density at radius 3 is 2.62 bits per heavy atom. The zero-order chi connectivity index (χ0) is 10.3. The molecule has 0 saturated carbocycles. The molecule has 0 atom stereocenters. The summed E-state index contributed by atoms with van der Waals surface area (Å²) >= 11 is 3.10. The molecule has 0 aromatic carbocycles. The molecule has 0 aliphatic rings. The number of hydrogen-bond acceptors (Lipinski definition) is 2. The van der Waals surface area contributed by atoms with Gasteiger partial charge in [0.2, 0.25) is 5.91 Å². The van der Waals surface area contributed by atoms with Gasteiger partial charge in [0, 0.05) is 12.6 Å². The number of amides is 1. The van der Waals surface area contributed by atoms with Crippen molar-refractivity contribution in [2.24, 2.45) is 0 Å². The predicted molar refractivity (Wildman–Crippen MR) is 59.2 cm³/mol. The summed E-state index contributed by atoms with van der Waals surface area (Å²) in [6, 6.07) is 0.576. The minimum atomic E-state index is 0.0622. The lowest BCUT2D eigenvalue weighted by Crippen LogP contribution is -2.31. The molecule has 78 valence electrons. The Kier molecular flexibility index (Phi) is 7.28. The topological polar surface area (TPSA) is 32.3 Å². The molecular formula is C9H19BrN2O. The molecule has 1 amide bonds. The van der Waals surface area contributed by atoms with Crippen LogP contribution in [0.15, 0.2) is 0 Å². The Morgan fingerprint density at radius 1 is 1.54 bits per heavy atom. The van der Waals surface area contributed by atoms with E-state index in [0.717, 1.165) is 19.5 Å². The number of nitrogens with zero attached hydrogens (tertiary/aromatic N) is 1. The van der Waals surface area contributed by atoms with E-state index in [1.165, 1.54) is 0 Å². The Hall–Kier alpha value is -0.0900. The summed E-state index contributed by atoms with van der Waals surface area (Å²) in [6.07, 6.45) is 1.01. The molecule has 0 aliphatic heterocycles. The number of carbonyl (C=O) groups excluding carboxylic acids is 1. The van der Waals surface area contributed by atoms with Crippen molar-refractivity contribution in [2.45, 2.75) is 26.3 Å². The average Bonchev–Trinajstić information content (AvgIpc) is 2.11. The minimum Gasteiger partial charge on any atom is -0.355 e. The van der Waals surface area contributed by atoms with Crippen LogP contribution >= 0.6 is 15.9 Å². The summed E-state index contributed by atoms with van der Waals surface area (Å²) in [5.41, 5.74) is 0. The summed E-state index contributed by atoms with van der Waals surface area (Å²) in [5.74, 6) is 0.0622. The maximum atomic E-state index is 10.8. The van der Waals surface area contributed by atoms with Crippen LogP contribution in [0.3, 0.4) is 0 Å². The van der Waals surface area contributed by atoms with E-state index in [9.17, 15) is 4.79 Å². The summed E-state index contributed by atoms with van der Waals surface area (Å²) in [4.78, 5) is 13.1. The number of carbonyl (C=O) groups is 1. The van der Waals surface area contributed by atoms with E-state index in [4.69, 9.17) is 0 Å². The molecule has 1 N–H and O–H groups in total. The zero-order valence-corrected chi connectivity index (χ0v) is 10.2. The van der Waals surface area contributed by atoms with Crippen molar-refractivity contribution in [2.75, 3.05) is 25.5 Å². The van der Waals surface area contributed by atoms with Gasteiger partial charge in [0.15, 0.2) is 0 Å². The van der Waals surface area contributed by atoms with Crippen molar-refractivity contribution in [3.63, 3.8) is 0 Å². The van der Waals surface area contributed by atoms with E-state index in [-0.39, 0.29) is 5.91 Å².